The fraction of sp³-hybridized carbons (Fsp3) is 0.360. The number of ether oxygens (including phenoxy) is 1. The van der Waals surface area contributed by atoms with E-state index in [1.165, 1.54) is 21.2 Å². The van der Waals surface area contributed by atoms with E-state index in [1.54, 1.807) is 36.4 Å². The van der Waals surface area contributed by atoms with E-state index in [0.29, 0.717) is 40.8 Å². The van der Waals surface area contributed by atoms with E-state index in [9.17, 15) is 18.0 Å². The van der Waals surface area contributed by atoms with Crippen LogP contribution in [0, 0.1) is 0 Å². The predicted molar refractivity (Wildman–Crippen MR) is 131 cm³/mol. The molecule has 1 aliphatic carbocycles. The van der Waals surface area contributed by atoms with Crippen LogP contribution < -0.4 is 4.74 Å². The van der Waals surface area contributed by atoms with E-state index in [4.69, 9.17) is 4.74 Å². The molecule has 1 amide bonds. The highest BCUT2D eigenvalue weighted by Crippen LogP contribution is 2.31. The highest BCUT2D eigenvalue weighted by atomic mass is 32.2. The van der Waals surface area contributed by atoms with Crippen molar-refractivity contribution < 1.29 is 22.7 Å². The Morgan fingerprint density at radius 1 is 1.06 bits per heavy atom. The van der Waals surface area contributed by atoms with Crippen molar-refractivity contribution in [3.05, 3.63) is 53.6 Å². The highest BCUT2D eigenvalue weighted by molar-refractivity contribution is 7.87. The fourth-order valence-corrected chi connectivity index (χ4v) is 5.75. The molecule has 0 spiro atoms. The van der Waals surface area contributed by atoms with Gasteiger partial charge in [-0.05, 0) is 49.2 Å². The van der Waals surface area contributed by atoms with Gasteiger partial charge in [-0.1, -0.05) is 25.3 Å². The lowest BCUT2D eigenvalue weighted by molar-refractivity contribution is 0.0789. The van der Waals surface area contributed by atoms with Crippen LogP contribution in [0.25, 0.3) is 22.2 Å². The average molecular weight is 484 g/mol. The van der Waals surface area contributed by atoms with Crippen molar-refractivity contribution >= 4 is 33.3 Å². The number of amides is 1. The second-order valence-corrected chi connectivity index (χ2v) is 10.8. The molecule has 0 radical (unpaired) electrons. The van der Waals surface area contributed by atoms with E-state index in [1.807, 2.05) is 6.07 Å². The summed E-state index contributed by atoms with van der Waals surface area (Å²) < 4.78 is 33.6. The maximum atomic E-state index is 13.5. The Balaban J connectivity index is 1.73. The Hall–Kier alpha value is -3.17. The number of aldehydes is 1. The third kappa shape index (κ3) is 4.45. The van der Waals surface area contributed by atoms with E-state index < -0.39 is 16.1 Å². The van der Waals surface area contributed by atoms with Crippen LogP contribution in [-0.4, -0.2) is 61.5 Å². The molecule has 0 aliphatic heterocycles. The summed E-state index contributed by atoms with van der Waals surface area (Å²) in [5, 5.41) is 0.846. The van der Waals surface area contributed by atoms with Gasteiger partial charge in [0.25, 0.3) is 5.91 Å². The molecule has 0 unspecified atom stereocenters. The molecule has 8 nitrogen and oxygen atoms in total. The van der Waals surface area contributed by atoms with Gasteiger partial charge >= 0.3 is 10.2 Å². The zero-order chi connectivity index (χ0) is 24.5. The molecule has 1 N–H and O–H groups in total. The van der Waals surface area contributed by atoms with Crippen molar-refractivity contribution in [1.82, 2.24) is 13.6 Å². The van der Waals surface area contributed by atoms with Crippen LogP contribution in [0.4, 0.5) is 0 Å². The van der Waals surface area contributed by atoms with Crippen LogP contribution in [0.2, 0.25) is 0 Å². The molecule has 2 aromatic carbocycles. The number of hydrogen-bond donors (Lipinski definition) is 1. The third-order valence-electron chi connectivity index (χ3n) is 6.36. The van der Waals surface area contributed by atoms with Crippen LogP contribution in [-0.2, 0) is 10.2 Å². The van der Waals surface area contributed by atoms with E-state index in [-0.39, 0.29) is 6.04 Å². The van der Waals surface area contributed by atoms with Gasteiger partial charge in [-0.25, -0.2) is 4.31 Å². The lowest BCUT2D eigenvalue weighted by Crippen LogP contribution is -2.50. The number of nitrogens with one attached hydrogen (secondary N) is 1. The fourth-order valence-electron chi connectivity index (χ4n) is 4.49. The van der Waals surface area contributed by atoms with E-state index >= 15 is 0 Å². The molecule has 9 heteroatoms. The van der Waals surface area contributed by atoms with Crippen LogP contribution in [0.15, 0.2) is 42.5 Å². The summed E-state index contributed by atoms with van der Waals surface area (Å²) in [6, 6.07) is 11.9. The molecule has 1 aliphatic rings. The quantitative estimate of drug-likeness (QED) is 0.507. The van der Waals surface area contributed by atoms with E-state index in [2.05, 4.69) is 4.98 Å². The van der Waals surface area contributed by atoms with Gasteiger partial charge < -0.3 is 9.72 Å². The summed E-state index contributed by atoms with van der Waals surface area (Å²) in [5.41, 5.74) is 2.87. The zero-order valence-corrected chi connectivity index (χ0v) is 20.4. The molecule has 180 valence electrons. The van der Waals surface area contributed by atoms with Crippen LogP contribution in [0.1, 0.15) is 52.8 Å². The summed E-state index contributed by atoms with van der Waals surface area (Å²) in [5.74, 6) is 0.0522. The Bertz CT molecular complexity index is 1320. The topological polar surface area (TPSA) is 99.8 Å². The van der Waals surface area contributed by atoms with Crippen LogP contribution in [0.3, 0.4) is 0 Å². The minimum atomic E-state index is -3.94. The zero-order valence-electron chi connectivity index (χ0n) is 19.6. The minimum absolute atomic E-state index is 0.294. The maximum Gasteiger partial charge on any atom is 0.306 e. The van der Waals surface area contributed by atoms with Gasteiger partial charge in [0.15, 0.2) is 6.29 Å². The highest BCUT2D eigenvalue weighted by Gasteiger charge is 2.37. The minimum Gasteiger partial charge on any atom is -0.497 e. The summed E-state index contributed by atoms with van der Waals surface area (Å²) in [6.07, 6.45) is 4.95. The summed E-state index contributed by atoms with van der Waals surface area (Å²) in [6.45, 7) is 0. The van der Waals surface area contributed by atoms with Gasteiger partial charge in [0.05, 0.1) is 7.11 Å². The Kier molecular flexibility index (Phi) is 6.77. The molecule has 1 fully saturated rings. The SMILES string of the molecule is COc1ccc(-c2cc3ccc(C(=O)N(C4CCCCC4)S(=O)(=O)N(C)C)cc3[nH]2)c(C=O)c1. The Morgan fingerprint density at radius 3 is 2.44 bits per heavy atom. The van der Waals surface area contributed by atoms with Gasteiger partial charge in [0.2, 0.25) is 0 Å². The first-order valence-electron chi connectivity index (χ1n) is 11.3. The molecule has 0 bridgehead atoms. The Labute approximate surface area is 199 Å². The number of carbonyl (C=O) groups is 2. The van der Waals surface area contributed by atoms with Crippen LogP contribution >= 0.6 is 0 Å². The number of methoxy groups -OCH3 is 1. The summed E-state index contributed by atoms with van der Waals surface area (Å²) in [4.78, 5) is 28.4. The van der Waals surface area contributed by atoms with Gasteiger partial charge in [0, 0.05) is 53.4 Å². The molecule has 1 saturated carbocycles. The number of nitrogens with zero attached hydrogens (tertiary/aromatic N) is 2. The van der Waals surface area contributed by atoms with Crippen molar-refractivity contribution in [2.75, 3.05) is 21.2 Å². The monoisotopic (exact) mass is 483 g/mol. The first-order chi connectivity index (χ1) is 16.3. The van der Waals surface area contributed by atoms with Gasteiger partial charge in [-0.3, -0.25) is 9.59 Å². The molecule has 1 aromatic heterocycles. The number of rotatable bonds is 7. The smallest absolute Gasteiger partial charge is 0.306 e. The summed E-state index contributed by atoms with van der Waals surface area (Å²) in [7, 11) is 0.489. The molecule has 34 heavy (non-hydrogen) atoms. The van der Waals surface area contributed by atoms with Crippen molar-refractivity contribution in [3.63, 3.8) is 0 Å². The predicted octanol–water partition coefficient (Wildman–Crippen LogP) is 4.24. The standard InChI is InChI=1S/C25H29N3O5S/c1-27(2)34(31,32)28(20-7-5-4-6-8-20)25(30)18-10-9-17-14-24(26-23(17)15-18)22-12-11-21(33-3)13-19(22)16-29/h9-16,20,26H,4-8H2,1-3H3. The lowest BCUT2D eigenvalue weighted by atomic mass is 9.95. The number of carbonyl (C=O) groups excluding carboxylic acids is 2. The second kappa shape index (κ2) is 9.60. The number of hydrogen-bond acceptors (Lipinski definition) is 5. The van der Waals surface area contributed by atoms with Crippen molar-refractivity contribution in [3.8, 4) is 17.0 Å². The number of aromatic amines is 1. The third-order valence-corrected chi connectivity index (χ3v) is 8.25. The van der Waals surface area contributed by atoms with Crippen molar-refractivity contribution in [2.45, 2.75) is 38.1 Å². The molecular formula is C25H29N3O5S. The number of benzene rings is 2. The summed E-state index contributed by atoms with van der Waals surface area (Å²) >= 11 is 0. The molecule has 1 heterocycles. The van der Waals surface area contributed by atoms with Crippen molar-refractivity contribution in [1.29, 1.82) is 0 Å². The van der Waals surface area contributed by atoms with Crippen LogP contribution in [0.5, 0.6) is 5.75 Å². The number of fused-ring (bicyclic) bond motifs is 1. The van der Waals surface area contributed by atoms with E-state index in [0.717, 1.165) is 45.2 Å². The van der Waals surface area contributed by atoms with Crippen molar-refractivity contribution in [2.24, 2.45) is 0 Å². The molecule has 0 atom stereocenters. The molecule has 3 aromatic rings. The maximum absolute atomic E-state index is 13.5. The Morgan fingerprint density at radius 2 is 1.79 bits per heavy atom. The average Bonchev–Trinajstić information content (AvgIpc) is 3.27. The first-order valence-corrected chi connectivity index (χ1v) is 12.7. The largest absolute Gasteiger partial charge is 0.497 e. The normalized spacial score (nSPS) is 14.9. The lowest BCUT2D eigenvalue weighted by Gasteiger charge is -2.35. The molecule has 4 rings (SSSR count). The second-order valence-electron chi connectivity index (χ2n) is 8.74. The van der Waals surface area contributed by atoms with Gasteiger partial charge in [0.1, 0.15) is 5.75 Å². The van der Waals surface area contributed by atoms with Gasteiger partial charge in [-0.2, -0.15) is 12.7 Å². The number of H-pyrrole nitrogens is 1. The molecular weight excluding hydrogens is 454 g/mol. The van der Waals surface area contributed by atoms with Gasteiger partial charge in [-0.15, -0.1) is 0 Å². The molecule has 0 saturated heterocycles. The first kappa shape index (κ1) is 24.0. The number of aromatic nitrogens is 1.